The average molecular weight is 292 g/mol. The van der Waals surface area contributed by atoms with E-state index in [1.165, 1.54) is 30.4 Å². The maximum atomic E-state index is 5.97. The molecule has 0 aliphatic heterocycles. The second-order valence-electron chi connectivity index (χ2n) is 6.13. The van der Waals surface area contributed by atoms with Crippen molar-refractivity contribution in [1.29, 1.82) is 0 Å². The number of benzene rings is 1. The Balaban J connectivity index is 2.50. The van der Waals surface area contributed by atoms with Crippen LogP contribution < -0.4 is 16.0 Å². The van der Waals surface area contributed by atoms with Crippen molar-refractivity contribution in [3.63, 3.8) is 0 Å². The predicted octanol–water partition coefficient (Wildman–Crippen LogP) is 3.17. The fraction of sp³-hybridized carbons (Fsp3) is 0.647. The molecule has 4 heteroatoms. The molecule has 4 nitrogen and oxygen atoms in total. The standard InChI is InChI=1S/C17H28N2O2/c1-12-10-13(2)15(14(11-12)20-3)16(19-18)17(21-4)8-6-5-7-9-17/h10-11,16,19H,5-9,18H2,1-4H3. The molecule has 1 fully saturated rings. The molecule has 0 amide bonds. The number of nitrogens with two attached hydrogens (primary N) is 1. The van der Waals surface area contributed by atoms with Gasteiger partial charge in [-0.3, -0.25) is 5.84 Å². The van der Waals surface area contributed by atoms with Crippen molar-refractivity contribution in [3.05, 3.63) is 28.8 Å². The third-order valence-corrected chi connectivity index (χ3v) is 4.80. The third-order valence-electron chi connectivity index (χ3n) is 4.80. The van der Waals surface area contributed by atoms with Crippen LogP contribution in [0.25, 0.3) is 0 Å². The van der Waals surface area contributed by atoms with E-state index in [4.69, 9.17) is 15.3 Å². The van der Waals surface area contributed by atoms with Crippen LogP contribution in [0.5, 0.6) is 5.75 Å². The van der Waals surface area contributed by atoms with E-state index in [2.05, 4.69) is 31.4 Å². The minimum Gasteiger partial charge on any atom is -0.496 e. The summed E-state index contributed by atoms with van der Waals surface area (Å²) in [6.45, 7) is 4.19. The lowest BCUT2D eigenvalue weighted by atomic mass is 9.75. The Kier molecular flexibility index (Phi) is 5.25. The number of aryl methyl sites for hydroxylation is 2. The monoisotopic (exact) mass is 292 g/mol. The highest BCUT2D eigenvalue weighted by Crippen LogP contribution is 2.44. The zero-order valence-corrected chi connectivity index (χ0v) is 13.7. The molecule has 21 heavy (non-hydrogen) atoms. The van der Waals surface area contributed by atoms with Crippen molar-refractivity contribution in [2.75, 3.05) is 14.2 Å². The SMILES string of the molecule is COc1cc(C)cc(C)c1C(NN)C1(OC)CCCCC1. The van der Waals surface area contributed by atoms with Crippen molar-refractivity contribution in [1.82, 2.24) is 5.43 Å². The molecule has 0 bridgehead atoms. The van der Waals surface area contributed by atoms with Crippen LogP contribution in [0.2, 0.25) is 0 Å². The first-order valence-electron chi connectivity index (χ1n) is 7.74. The van der Waals surface area contributed by atoms with Crippen molar-refractivity contribution in [2.45, 2.75) is 57.6 Å². The van der Waals surface area contributed by atoms with Gasteiger partial charge in [-0.15, -0.1) is 0 Å². The first kappa shape index (κ1) is 16.3. The first-order chi connectivity index (χ1) is 10.1. The average Bonchev–Trinajstić information content (AvgIpc) is 2.50. The maximum absolute atomic E-state index is 5.97. The summed E-state index contributed by atoms with van der Waals surface area (Å²) in [6, 6.07) is 4.19. The van der Waals surface area contributed by atoms with Gasteiger partial charge in [-0.2, -0.15) is 0 Å². The molecule has 1 saturated carbocycles. The molecule has 1 atom stereocenters. The van der Waals surface area contributed by atoms with Gasteiger partial charge in [-0.05, 0) is 43.9 Å². The minimum absolute atomic E-state index is 0.0571. The Morgan fingerprint density at radius 2 is 1.81 bits per heavy atom. The fourth-order valence-electron chi connectivity index (χ4n) is 3.74. The van der Waals surface area contributed by atoms with E-state index in [1.54, 1.807) is 14.2 Å². The van der Waals surface area contributed by atoms with E-state index < -0.39 is 0 Å². The normalized spacial score (nSPS) is 19.3. The van der Waals surface area contributed by atoms with Crippen molar-refractivity contribution in [3.8, 4) is 5.75 Å². The topological polar surface area (TPSA) is 56.5 Å². The molecule has 118 valence electrons. The summed E-state index contributed by atoms with van der Waals surface area (Å²) in [5.41, 5.74) is 6.26. The summed E-state index contributed by atoms with van der Waals surface area (Å²) in [7, 11) is 3.51. The van der Waals surface area contributed by atoms with Gasteiger partial charge >= 0.3 is 0 Å². The summed E-state index contributed by atoms with van der Waals surface area (Å²) in [5.74, 6) is 6.83. The van der Waals surface area contributed by atoms with Crippen LogP contribution in [-0.2, 0) is 4.74 Å². The lowest BCUT2D eigenvalue weighted by Crippen LogP contribution is -2.49. The highest BCUT2D eigenvalue weighted by Gasteiger charge is 2.42. The number of nitrogens with one attached hydrogen (secondary N) is 1. The van der Waals surface area contributed by atoms with Crippen LogP contribution in [-0.4, -0.2) is 19.8 Å². The molecule has 0 spiro atoms. The quantitative estimate of drug-likeness (QED) is 0.646. The molecular formula is C17H28N2O2. The van der Waals surface area contributed by atoms with E-state index in [9.17, 15) is 0 Å². The van der Waals surface area contributed by atoms with E-state index in [1.807, 2.05) is 0 Å². The minimum atomic E-state index is -0.250. The molecule has 3 N–H and O–H groups in total. The van der Waals surface area contributed by atoms with Crippen molar-refractivity contribution in [2.24, 2.45) is 5.84 Å². The summed E-state index contributed by atoms with van der Waals surface area (Å²) < 4.78 is 11.6. The Hall–Kier alpha value is -1.10. The Bertz CT molecular complexity index is 482. The lowest BCUT2D eigenvalue weighted by Gasteiger charge is -2.43. The van der Waals surface area contributed by atoms with Crippen LogP contribution in [0.4, 0.5) is 0 Å². The Morgan fingerprint density at radius 3 is 2.33 bits per heavy atom. The summed E-state index contributed by atoms with van der Waals surface area (Å²) >= 11 is 0. The van der Waals surface area contributed by atoms with Crippen LogP contribution in [0, 0.1) is 13.8 Å². The van der Waals surface area contributed by atoms with Gasteiger partial charge in [0.25, 0.3) is 0 Å². The number of hydrogen-bond donors (Lipinski definition) is 2. The van der Waals surface area contributed by atoms with Gasteiger partial charge in [0.15, 0.2) is 0 Å². The molecule has 1 aromatic carbocycles. The number of hydrazine groups is 1. The molecule has 1 aliphatic rings. The molecule has 2 rings (SSSR count). The molecule has 0 saturated heterocycles. The summed E-state index contributed by atoms with van der Waals surface area (Å²) in [5, 5.41) is 0. The van der Waals surface area contributed by atoms with Gasteiger partial charge in [0.2, 0.25) is 0 Å². The van der Waals surface area contributed by atoms with Crippen LogP contribution in [0.1, 0.15) is 54.8 Å². The maximum Gasteiger partial charge on any atom is 0.124 e. The number of hydrogen-bond acceptors (Lipinski definition) is 4. The third kappa shape index (κ3) is 3.07. The van der Waals surface area contributed by atoms with E-state index in [-0.39, 0.29) is 11.6 Å². The summed E-state index contributed by atoms with van der Waals surface area (Å²) in [6.07, 6.45) is 5.68. The highest BCUT2D eigenvalue weighted by molar-refractivity contribution is 5.46. The molecule has 1 unspecified atom stereocenters. The van der Waals surface area contributed by atoms with Gasteiger partial charge in [0.05, 0.1) is 18.8 Å². The van der Waals surface area contributed by atoms with Crippen LogP contribution in [0.3, 0.4) is 0 Å². The number of rotatable bonds is 5. The van der Waals surface area contributed by atoms with Crippen LogP contribution in [0.15, 0.2) is 12.1 Å². The van der Waals surface area contributed by atoms with Crippen molar-refractivity contribution < 1.29 is 9.47 Å². The van der Waals surface area contributed by atoms with Crippen LogP contribution >= 0.6 is 0 Å². The molecule has 0 aromatic heterocycles. The Morgan fingerprint density at radius 1 is 1.14 bits per heavy atom. The number of ether oxygens (including phenoxy) is 2. The second-order valence-corrected chi connectivity index (χ2v) is 6.13. The van der Waals surface area contributed by atoms with Crippen molar-refractivity contribution >= 4 is 0 Å². The molecule has 0 heterocycles. The molecule has 1 aliphatic carbocycles. The molecular weight excluding hydrogens is 264 g/mol. The Labute approximate surface area is 128 Å². The lowest BCUT2D eigenvalue weighted by molar-refractivity contribution is -0.0694. The highest BCUT2D eigenvalue weighted by atomic mass is 16.5. The molecule has 1 aromatic rings. The van der Waals surface area contributed by atoms with Gasteiger partial charge in [-0.1, -0.05) is 25.3 Å². The second kappa shape index (κ2) is 6.77. The van der Waals surface area contributed by atoms with Gasteiger partial charge in [-0.25, -0.2) is 5.43 Å². The van der Waals surface area contributed by atoms with Gasteiger partial charge < -0.3 is 9.47 Å². The zero-order valence-electron chi connectivity index (χ0n) is 13.7. The van der Waals surface area contributed by atoms with Gasteiger partial charge in [0, 0.05) is 12.7 Å². The molecule has 0 radical (unpaired) electrons. The number of methoxy groups -OCH3 is 2. The van der Waals surface area contributed by atoms with E-state index in [0.717, 1.165) is 24.2 Å². The summed E-state index contributed by atoms with van der Waals surface area (Å²) in [4.78, 5) is 0. The first-order valence-corrected chi connectivity index (χ1v) is 7.74. The predicted molar refractivity (Wildman–Crippen MR) is 85.4 cm³/mol. The smallest absolute Gasteiger partial charge is 0.124 e. The van der Waals surface area contributed by atoms with E-state index in [0.29, 0.717) is 0 Å². The van der Waals surface area contributed by atoms with Gasteiger partial charge in [0.1, 0.15) is 5.75 Å². The largest absolute Gasteiger partial charge is 0.496 e. The fourth-order valence-corrected chi connectivity index (χ4v) is 3.74. The zero-order chi connectivity index (χ0) is 15.5. The van der Waals surface area contributed by atoms with E-state index >= 15 is 0 Å².